The summed E-state index contributed by atoms with van der Waals surface area (Å²) in [5.74, 6) is 0. The van der Waals surface area contributed by atoms with E-state index in [0.717, 1.165) is 12.8 Å². The number of alkyl halides is 3. The van der Waals surface area contributed by atoms with E-state index in [1.165, 1.54) is 4.90 Å². The fraction of sp³-hybridized carbons (Fsp3) is 1.00. The summed E-state index contributed by atoms with van der Waals surface area (Å²) in [7, 11) is 0. The molecule has 0 rings (SSSR count). The number of hydrogen-bond acceptors (Lipinski definition) is 2. The third-order valence-corrected chi connectivity index (χ3v) is 2.13. The van der Waals surface area contributed by atoms with E-state index in [9.17, 15) is 13.2 Å². The first-order valence-electron chi connectivity index (χ1n) is 4.91. The Labute approximate surface area is 83.3 Å². The van der Waals surface area contributed by atoms with Crippen LogP contribution < -0.4 is 5.73 Å². The van der Waals surface area contributed by atoms with Crippen molar-refractivity contribution in [3.05, 3.63) is 0 Å². The van der Waals surface area contributed by atoms with Gasteiger partial charge in [-0.05, 0) is 13.3 Å². The summed E-state index contributed by atoms with van der Waals surface area (Å²) in [5.41, 5.74) is 5.27. The molecule has 0 saturated carbocycles. The van der Waals surface area contributed by atoms with Crippen LogP contribution in [0.2, 0.25) is 0 Å². The third-order valence-electron chi connectivity index (χ3n) is 2.13. The van der Waals surface area contributed by atoms with Crippen LogP contribution in [0.15, 0.2) is 0 Å². The predicted molar refractivity (Wildman–Crippen MR) is 51.1 cm³/mol. The Balaban J connectivity index is 4.13. The maximum atomic E-state index is 12.1. The van der Waals surface area contributed by atoms with E-state index >= 15 is 0 Å². The fourth-order valence-corrected chi connectivity index (χ4v) is 1.45. The van der Waals surface area contributed by atoms with Crippen LogP contribution in [0, 0.1) is 0 Å². The monoisotopic (exact) mass is 212 g/mol. The topological polar surface area (TPSA) is 29.3 Å². The van der Waals surface area contributed by atoms with Gasteiger partial charge in [0.2, 0.25) is 0 Å². The molecule has 0 saturated heterocycles. The van der Waals surface area contributed by atoms with Crippen LogP contribution in [0.5, 0.6) is 0 Å². The Morgan fingerprint density at radius 3 is 2.29 bits per heavy atom. The number of rotatable bonds is 6. The number of nitrogens with zero attached hydrogens (tertiary/aromatic N) is 1. The van der Waals surface area contributed by atoms with Crippen molar-refractivity contribution in [2.24, 2.45) is 5.73 Å². The van der Waals surface area contributed by atoms with Gasteiger partial charge in [0, 0.05) is 19.1 Å². The lowest BCUT2D eigenvalue weighted by Gasteiger charge is -2.29. The van der Waals surface area contributed by atoms with Crippen LogP contribution in [-0.2, 0) is 0 Å². The maximum absolute atomic E-state index is 12.1. The minimum atomic E-state index is -4.13. The summed E-state index contributed by atoms with van der Waals surface area (Å²) in [5, 5.41) is 0. The number of hydrogen-bond donors (Lipinski definition) is 1. The molecule has 0 amide bonds. The van der Waals surface area contributed by atoms with E-state index in [0.29, 0.717) is 6.54 Å². The van der Waals surface area contributed by atoms with Crippen molar-refractivity contribution < 1.29 is 13.2 Å². The van der Waals surface area contributed by atoms with Crippen LogP contribution in [0.3, 0.4) is 0 Å². The van der Waals surface area contributed by atoms with Gasteiger partial charge in [0.1, 0.15) is 0 Å². The van der Waals surface area contributed by atoms with Crippen LogP contribution >= 0.6 is 0 Å². The van der Waals surface area contributed by atoms with Crippen LogP contribution in [0.4, 0.5) is 13.2 Å². The minimum absolute atomic E-state index is 0.0508. The molecule has 0 aliphatic heterocycles. The highest BCUT2D eigenvalue weighted by Gasteiger charge is 2.31. The van der Waals surface area contributed by atoms with Gasteiger partial charge in [-0.25, -0.2) is 0 Å². The first-order valence-corrected chi connectivity index (χ1v) is 4.91. The normalized spacial score (nSPS) is 14.8. The smallest absolute Gasteiger partial charge is 0.329 e. The molecule has 1 unspecified atom stereocenters. The van der Waals surface area contributed by atoms with Crippen LogP contribution in [-0.4, -0.2) is 36.8 Å². The molecule has 2 N–H and O–H groups in total. The molecule has 0 bridgehead atoms. The molecular weight excluding hydrogens is 193 g/mol. The van der Waals surface area contributed by atoms with Crippen molar-refractivity contribution in [1.82, 2.24) is 4.90 Å². The highest BCUT2D eigenvalue weighted by atomic mass is 19.4. The van der Waals surface area contributed by atoms with Gasteiger partial charge in [0.15, 0.2) is 0 Å². The molecule has 0 aliphatic rings. The van der Waals surface area contributed by atoms with Crippen molar-refractivity contribution >= 4 is 0 Å². The lowest BCUT2D eigenvalue weighted by molar-refractivity contribution is -0.150. The molecule has 0 aromatic carbocycles. The molecule has 0 aromatic rings. The van der Waals surface area contributed by atoms with Gasteiger partial charge in [-0.15, -0.1) is 0 Å². The van der Waals surface area contributed by atoms with Crippen molar-refractivity contribution in [3.8, 4) is 0 Å². The highest BCUT2D eigenvalue weighted by Crippen LogP contribution is 2.18. The zero-order chi connectivity index (χ0) is 11.2. The largest absolute Gasteiger partial charge is 0.401 e. The molecule has 5 heteroatoms. The zero-order valence-electron chi connectivity index (χ0n) is 8.77. The molecule has 0 radical (unpaired) electrons. The Bertz CT molecular complexity index is 147. The zero-order valence-corrected chi connectivity index (χ0v) is 8.77. The van der Waals surface area contributed by atoms with E-state index in [1.54, 1.807) is 0 Å². The van der Waals surface area contributed by atoms with Crippen molar-refractivity contribution in [1.29, 1.82) is 0 Å². The summed E-state index contributed by atoms with van der Waals surface area (Å²) in [4.78, 5) is 1.39. The van der Waals surface area contributed by atoms with Gasteiger partial charge in [0.05, 0.1) is 6.54 Å². The highest BCUT2D eigenvalue weighted by molar-refractivity contribution is 4.70. The predicted octanol–water partition coefficient (Wildman–Crippen LogP) is 2.00. The summed E-state index contributed by atoms with van der Waals surface area (Å²) < 4.78 is 36.4. The van der Waals surface area contributed by atoms with E-state index in [2.05, 4.69) is 0 Å². The number of nitrogens with two attached hydrogens (primary N) is 1. The average Bonchev–Trinajstić information content (AvgIpc) is 2.01. The minimum Gasteiger partial charge on any atom is -0.329 e. The van der Waals surface area contributed by atoms with E-state index in [1.807, 2.05) is 13.8 Å². The maximum Gasteiger partial charge on any atom is 0.401 e. The fourth-order valence-electron chi connectivity index (χ4n) is 1.45. The Kier molecular flexibility index (Phi) is 6.11. The van der Waals surface area contributed by atoms with Gasteiger partial charge < -0.3 is 5.73 Å². The summed E-state index contributed by atoms with van der Waals surface area (Å²) >= 11 is 0. The molecule has 0 aromatic heterocycles. The molecular formula is C9H19F3N2. The second-order valence-corrected chi connectivity index (χ2v) is 3.51. The Morgan fingerprint density at radius 1 is 1.36 bits per heavy atom. The number of halogens is 3. The molecule has 0 aliphatic carbocycles. The molecule has 2 nitrogen and oxygen atoms in total. The van der Waals surface area contributed by atoms with E-state index in [4.69, 9.17) is 5.73 Å². The van der Waals surface area contributed by atoms with Gasteiger partial charge in [-0.1, -0.05) is 13.3 Å². The first kappa shape index (κ1) is 13.7. The van der Waals surface area contributed by atoms with E-state index in [-0.39, 0.29) is 12.6 Å². The first-order chi connectivity index (χ1) is 6.40. The Morgan fingerprint density at radius 2 is 1.93 bits per heavy atom. The summed E-state index contributed by atoms with van der Waals surface area (Å²) in [6, 6.07) is -0.0508. The SMILES string of the molecule is CCCC(C)N(CCN)CC(F)(F)F. The van der Waals surface area contributed by atoms with Crippen molar-refractivity contribution in [2.45, 2.75) is 38.9 Å². The molecule has 0 heterocycles. The van der Waals surface area contributed by atoms with Gasteiger partial charge >= 0.3 is 6.18 Å². The van der Waals surface area contributed by atoms with Crippen molar-refractivity contribution in [2.75, 3.05) is 19.6 Å². The Hall–Kier alpha value is -0.290. The molecule has 0 spiro atoms. The average molecular weight is 212 g/mol. The van der Waals surface area contributed by atoms with Crippen LogP contribution in [0.1, 0.15) is 26.7 Å². The lowest BCUT2D eigenvalue weighted by atomic mass is 10.1. The van der Waals surface area contributed by atoms with Gasteiger partial charge in [0.25, 0.3) is 0 Å². The quantitative estimate of drug-likeness (QED) is 0.729. The van der Waals surface area contributed by atoms with Crippen LogP contribution in [0.25, 0.3) is 0 Å². The second-order valence-electron chi connectivity index (χ2n) is 3.51. The molecule has 86 valence electrons. The summed E-state index contributed by atoms with van der Waals surface area (Å²) in [6.45, 7) is 3.49. The van der Waals surface area contributed by atoms with Crippen molar-refractivity contribution in [3.63, 3.8) is 0 Å². The standard InChI is InChI=1S/C9H19F3N2/c1-3-4-8(2)14(6-5-13)7-9(10,11)12/h8H,3-7,13H2,1-2H3. The molecule has 14 heavy (non-hydrogen) atoms. The third kappa shape index (κ3) is 6.21. The molecule has 0 fully saturated rings. The lowest BCUT2D eigenvalue weighted by Crippen LogP contribution is -2.43. The second kappa shape index (κ2) is 6.24. The van der Waals surface area contributed by atoms with Gasteiger partial charge in [-0.2, -0.15) is 13.2 Å². The summed E-state index contributed by atoms with van der Waals surface area (Å²) in [6.07, 6.45) is -2.46. The van der Waals surface area contributed by atoms with Gasteiger partial charge in [-0.3, -0.25) is 4.90 Å². The molecule has 1 atom stereocenters. The van der Waals surface area contributed by atoms with E-state index < -0.39 is 12.7 Å².